The molecule has 2 aromatic heterocycles. The first-order valence-electron chi connectivity index (χ1n) is 9.11. The fraction of sp³-hybridized carbons (Fsp3) is 0.100. The number of aromatic amines is 1. The van der Waals surface area contributed by atoms with Crippen molar-refractivity contribution in [2.24, 2.45) is 0 Å². The largest absolute Gasteiger partial charge is 0.328 e. The third-order valence-electron chi connectivity index (χ3n) is 4.60. The van der Waals surface area contributed by atoms with E-state index in [0.29, 0.717) is 20.8 Å². The lowest BCUT2D eigenvalue weighted by Crippen LogP contribution is -2.39. The molecule has 12 heteroatoms. The van der Waals surface area contributed by atoms with Crippen LogP contribution < -0.4 is 16.6 Å². The molecule has 4 rings (SSSR count). The molecule has 32 heavy (non-hydrogen) atoms. The lowest BCUT2D eigenvalue weighted by molar-refractivity contribution is 0.102. The first kappa shape index (κ1) is 21.9. The van der Waals surface area contributed by atoms with Crippen LogP contribution in [0.25, 0.3) is 10.2 Å². The van der Waals surface area contributed by atoms with Crippen molar-refractivity contribution in [3.05, 3.63) is 85.6 Å². The van der Waals surface area contributed by atoms with E-state index in [0.717, 1.165) is 28.4 Å². The van der Waals surface area contributed by atoms with Crippen LogP contribution in [0.4, 0.5) is 5.13 Å². The van der Waals surface area contributed by atoms with Crippen LogP contribution in [0.3, 0.4) is 0 Å². The quantitative estimate of drug-likeness (QED) is 0.442. The predicted molar refractivity (Wildman–Crippen MR) is 123 cm³/mol. The van der Waals surface area contributed by atoms with Crippen LogP contribution in [0, 0.1) is 0 Å². The molecule has 0 spiro atoms. The molecule has 2 N–H and O–H groups in total. The first-order chi connectivity index (χ1) is 15.1. The topological polar surface area (TPSA) is 131 Å². The van der Waals surface area contributed by atoms with Gasteiger partial charge in [0.2, 0.25) is 0 Å². The van der Waals surface area contributed by atoms with Crippen LogP contribution in [-0.2, 0) is 16.4 Å². The molecule has 2 aromatic carbocycles. The van der Waals surface area contributed by atoms with Gasteiger partial charge in [-0.1, -0.05) is 41.1 Å². The van der Waals surface area contributed by atoms with Crippen LogP contribution >= 0.6 is 22.9 Å². The summed E-state index contributed by atoms with van der Waals surface area (Å²) in [6.45, 7) is -0.107. The minimum absolute atomic E-state index is 0.107. The van der Waals surface area contributed by atoms with Crippen LogP contribution in [-0.4, -0.2) is 35.1 Å². The van der Waals surface area contributed by atoms with E-state index in [1.807, 2.05) is 0 Å². The maximum atomic E-state index is 12.8. The molecule has 9 nitrogen and oxygen atoms in total. The minimum Gasteiger partial charge on any atom is -0.313 e. The van der Waals surface area contributed by atoms with Crippen LogP contribution in [0.15, 0.2) is 63.1 Å². The van der Waals surface area contributed by atoms with E-state index in [4.69, 9.17) is 11.6 Å². The molecule has 0 bridgehead atoms. The number of sulfone groups is 1. The van der Waals surface area contributed by atoms with Gasteiger partial charge in [0.05, 0.1) is 21.7 Å². The van der Waals surface area contributed by atoms with Gasteiger partial charge in [-0.15, -0.1) is 0 Å². The highest BCUT2D eigenvalue weighted by Gasteiger charge is 2.18. The number of fused-ring (bicyclic) bond motifs is 1. The molecule has 2 heterocycles. The standard InChI is InChI=1S/C20H15ClN4O5S2/c1-32(29,30)12-6-7-15-16(8-12)31-19(23-15)24-17(26)13-9-22-20(28)25(18(13)27)10-11-4-2-3-5-14(11)21/h2-9H,10H2,1H3,(H,22,28)(H,23,24,26). The number of amides is 1. The monoisotopic (exact) mass is 490 g/mol. The summed E-state index contributed by atoms with van der Waals surface area (Å²) in [6.07, 6.45) is 2.14. The number of anilines is 1. The molecule has 164 valence electrons. The van der Waals surface area contributed by atoms with Gasteiger partial charge in [0.1, 0.15) is 5.56 Å². The smallest absolute Gasteiger partial charge is 0.313 e. The van der Waals surface area contributed by atoms with E-state index >= 15 is 0 Å². The Kier molecular flexibility index (Phi) is 5.71. The molecule has 0 aliphatic carbocycles. The Bertz CT molecular complexity index is 1590. The maximum absolute atomic E-state index is 12.8. The van der Waals surface area contributed by atoms with Crippen LogP contribution in [0.5, 0.6) is 0 Å². The fourth-order valence-electron chi connectivity index (χ4n) is 2.97. The van der Waals surface area contributed by atoms with E-state index in [9.17, 15) is 22.8 Å². The summed E-state index contributed by atoms with van der Waals surface area (Å²) in [6, 6.07) is 11.2. The van der Waals surface area contributed by atoms with E-state index in [1.54, 1.807) is 24.3 Å². The van der Waals surface area contributed by atoms with E-state index in [-0.39, 0.29) is 22.1 Å². The molecular formula is C20H15ClN4O5S2. The van der Waals surface area contributed by atoms with Gasteiger partial charge in [-0.05, 0) is 29.8 Å². The van der Waals surface area contributed by atoms with Crippen molar-refractivity contribution in [1.82, 2.24) is 14.5 Å². The van der Waals surface area contributed by atoms with Crippen molar-refractivity contribution >= 4 is 54.0 Å². The van der Waals surface area contributed by atoms with Gasteiger partial charge in [0.25, 0.3) is 11.5 Å². The Morgan fingerprint density at radius 1 is 1.22 bits per heavy atom. The lowest BCUT2D eigenvalue weighted by atomic mass is 10.2. The number of carbonyl (C=O) groups is 1. The van der Waals surface area contributed by atoms with Gasteiger partial charge in [-0.3, -0.25) is 19.5 Å². The Balaban J connectivity index is 1.65. The Morgan fingerprint density at radius 2 is 1.97 bits per heavy atom. The number of nitrogens with one attached hydrogen (secondary N) is 2. The van der Waals surface area contributed by atoms with Crippen LogP contribution in [0.2, 0.25) is 5.02 Å². The Hall–Kier alpha value is -3.28. The molecule has 1 amide bonds. The summed E-state index contributed by atoms with van der Waals surface area (Å²) in [5.41, 5.74) is -0.707. The highest BCUT2D eigenvalue weighted by atomic mass is 35.5. The number of halogens is 1. The summed E-state index contributed by atoms with van der Waals surface area (Å²) in [5, 5.41) is 3.09. The van der Waals surface area contributed by atoms with Crippen LogP contribution in [0.1, 0.15) is 15.9 Å². The molecule has 0 aliphatic rings. The van der Waals surface area contributed by atoms with Gasteiger partial charge < -0.3 is 4.98 Å². The molecule has 0 fully saturated rings. The maximum Gasteiger partial charge on any atom is 0.328 e. The average Bonchev–Trinajstić information content (AvgIpc) is 3.13. The number of nitrogens with zero attached hydrogens (tertiary/aromatic N) is 2. The van der Waals surface area contributed by atoms with Gasteiger partial charge in [0.15, 0.2) is 15.0 Å². The van der Waals surface area contributed by atoms with Gasteiger partial charge in [-0.25, -0.2) is 18.2 Å². The number of benzene rings is 2. The third-order valence-corrected chi connectivity index (χ3v) is 7.01. The zero-order valence-corrected chi connectivity index (χ0v) is 18.8. The van der Waals surface area contributed by atoms with Gasteiger partial charge in [-0.2, -0.15) is 0 Å². The molecule has 0 atom stereocenters. The number of thiazole rings is 1. The summed E-state index contributed by atoms with van der Waals surface area (Å²) in [5.74, 6) is -0.762. The summed E-state index contributed by atoms with van der Waals surface area (Å²) >= 11 is 7.18. The molecule has 0 unspecified atom stereocenters. The predicted octanol–water partition coefficient (Wildman–Crippen LogP) is 2.50. The van der Waals surface area contributed by atoms with Crippen molar-refractivity contribution in [3.8, 4) is 0 Å². The molecule has 0 aliphatic heterocycles. The molecule has 0 saturated carbocycles. The average molecular weight is 491 g/mol. The van der Waals surface area contributed by atoms with Crippen molar-refractivity contribution < 1.29 is 13.2 Å². The molecular weight excluding hydrogens is 476 g/mol. The number of rotatable bonds is 5. The second kappa shape index (κ2) is 8.34. The van der Waals surface area contributed by atoms with E-state index < -0.39 is 27.0 Å². The second-order valence-corrected chi connectivity index (χ2v) is 10.3. The summed E-state index contributed by atoms with van der Waals surface area (Å²) in [7, 11) is -3.39. The van der Waals surface area contributed by atoms with Crippen molar-refractivity contribution in [2.45, 2.75) is 11.4 Å². The normalized spacial score (nSPS) is 11.6. The molecule has 0 radical (unpaired) electrons. The van der Waals surface area contributed by atoms with Crippen molar-refractivity contribution in [2.75, 3.05) is 11.6 Å². The van der Waals surface area contributed by atoms with Crippen molar-refractivity contribution in [3.63, 3.8) is 0 Å². The number of carbonyl (C=O) groups excluding carboxylic acids is 1. The highest BCUT2D eigenvalue weighted by Crippen LogP contribution is 2.28. The Labute approximate surface area is 190 Å². The zero-order valence-electron chi connectivity index (χ0n) is 16.5. The Morgan fingerprint density at radius 3 is 2.69 bits per heavy atom. The molecule has 0 saturated heterocycles. The summed E-state index contributed by atoms with van der Waals surface area (Å²) in [4.78, 5) is 44.5. The van der Waals surface area contributed by atoms with Crippen molar-refractivity contribution in [1.29, 1.82) is 0 Å². The molecule has 4 aromatic rings. The SMILES string of the molecule is CS(=O)(=O)c1ccc2nc(NC(=O)c3c[nH]c(=O)n(Cc4ccccc4Cl)c3=O)sc2c1. The number of hydrogen-bond acceptors (Lipinski definition) is 7. The third kappa shape index (κ3) is 4.35. The second-order valence-electron chi connectivity index (χ2n) is 6.87. The summed E-state index contributed by atoms with van der Waals surface area (Å²) < 4.78 is 24.9. The zero-order chi connectivity index (χ0) is 23.0. The highest BCUT2D eigenvalue weighted by molar-refractivity contribution is 7.90. The lowest BCUT2D eigenvalue weighted by Gasteiger charge is -2.08. The first-order valence-corrected chi connectivity index (χ1v) is 12.2. The van der Waals surface area contributed by atoms with Gasteiger partial charge in [0, 0.05) is 17.5 Å². The van der Waals surface area contributed by atoms with Gasteiger partial charge >= 0.3 is 5.69 Å². The van der Waals surface area contributed by atoms with E-state index in [1.165, 1.54) is 18.2 Å². The minimum atomic E-state index is -3.39. The van der Waals surface area contributed by atoms with E-state index in [2.05, 4.69) is 15.3 Å². The number of H-pyrrole nitrogens is 1. The fourth-order valence-corrected chi connectivity index (χ4v) is 4.79. The number of hydrogen-bond donors (Lipinski definition) is 2. The number of aromatic nitrogens is 3.